The van der Waals surface area contributed by atoms with Gasteiger partial charge in [0, 0.05) is 15.9 Å². The summed E-state index contributed by atoms with van der Waals surface area (Å²) < 4.78 is 6.09. The lowest BCUT2D eigenvalue weighted by molar-refractivity contribution is 0.724. The maximum Gasteiger partial charge on any atom is 0.174 e. The topological polar surface area (TPSA) is 37.8 Å². The minimum absolute atomic E-state index is 0.890. The lowest BCUT2D eigenvalue weighted by Crippen LogP contribution is -2.11. The van der Waals surface area contributed by atoms with E-state index >= 15 is 0 Å². The summed E-state index contributed by atoms with van der Waals surface area (Å²) in [5, 5.41) is 3.31. The fraction of sp³-hybridized carbons (Fsp3) is 0.273. The van der Waals surface area contributed by atoms with E-state index in [1.807, 2.05) is 0 Å². The third-order valence-corrected chi connectivity index (χ3v) is 4.58. The van der Waals surface area contributed by atoms with E-state index < -0.39 is 0 Å². The molecule has 0 spiro atoms. The van der Waals surface area contributed by atoms with E-state index in [1.54, 1.807) is 18.1 Å². The van der Waals surface area contributed by atoms with Gasteiger partial charge in [-0.05, 0) is 35.8 Å². The molecule has 0 aliphatic heterocycles. The molecule has 0 aliphatic rings. The first-order valence-corrected chi connectivity index (χ1v) is 7.61. The molecule has 6 heteroatoms. The molecule has 0 bridgehead atoms. The zero-order valence-electron chi connectivity index (χ0n) is 9.31. The Balaban J connectivity index is 2.08. The van der Waals surface area contributed by atoms with Gasteiger partial charge < -0.3 is 5.32 Å². The van der Waals surface area contributed by atoms with Crippen LogP contribution in [-0.4, -0.2) is 15.9 Å². The van der Waals surface area contributed by atoms with Crippen molar-refractivity contribution in [2.75, 3.05) is 6.54 Å². The van der Waals surface area contributed by atoms with Crippen molar-refractivity contribution >= 4 is 39.2 Å². The molecule has 2 aromatic rings. The molecule has 0 radical (unpaired) electrons. The normalized spacial score (nSPS) is 10.7. The van der Waals surface area contributed by atoms with Crippen molar-refractivity contribution in [3.05, 3.63) is 34.6 Å². The van der Waals surface area contributed by atoms with Gasteiger partial charge in [0.2, 0.25) is 0 Å². The maximum absolute atomic E-state index is 4.16. The molecule has 1 aromatic carbocycles. The van der Waals surface area contributed by atoms with Gasteiger partial charge in [0.25, 0.3) is 0 Å². The average molecular weight is 330 g/mol. The Morgan fingerprint density at radius 1 is 1.47 bits per heavy atom. The molecule has 0 saturated carbocycles. The second kappa shape index (κ2) is 6.49. The van der Waals surface area contributed by atoms with E-state index in [-0.39, 0.29) is 0 Å². The highest BCUT2D eigenvalue weighted by Gasteiger charge is 2.04. The van der Waals surface area contributed by atoms with Gasteiger partial charge in [0.15, 0.2) is 4.34 Å². The van der Waals surface area contributed by atoms with Gasteiger partial charge in [-0.15, -0.1) is 0 Å². The van der Waals surface area contributed by atoms with Crippen LogP contribution in [0.15, 0.2) is 38.2 Å². The third-order valence-electron chi connectivity index (χ3n) is 2.14. The molecule has 0 saturated heterocycles. The van der Waals surface area contributed by atoms with Crippen LogP contribution in [0.2, 0.25) is 0 Å². The number of nitrogens with one attached hydrogen (secondary N) is 1. The van der Waals surface area contributed by atoms with Crippen molar-refractivity contribution in [2.45, 2.75) is 22.7 Å². The van der Waals surface area contributed by atoms with Gasteiger partial charge in [-0.1, -0.05) is 40.7 Å². The smallest absolute Gasteiger partial charge is 0.174 e. The first-order chi connectivity index (χ1) is 8.29. The second-order valence-corrected chi connectivity index (χ2v) is 6.30. The summed E-state index contributed by atoms with van der Waals surface area (Å²) in [6.07, 6.45) is 1.58. The summed E-state index contributed by atoms with van der Waals surface area (Å²) in [5.74, 6) is 0. The molecule has 0 amide bonds. The fourth-order valence-electron chi connectivity index (χ4n) is 1.30. The van der Waals surface area contributed by atoms with Gasteiger partial charge in [-0.2, -0.15) is 4.37 Å². The molecule has 2 rings (SSSR count). The molecule has 3 nitrogen and oxygen atoms in total. The number of rotatable bonds is 5. The monoisotopic (exact) mass is 329 g/mol. The number of nitrogens with zero attached hydrogens (tertiary/aromatic N) is 2. The van der Waals surface area contributed by atoms with Crippen molar-refractivity contribution in [2.24, 2.45) is 0 Å². The maximum atomic E-state index is 4.16. The van der Waals surface area contributed by atoms with E-state index in [4.69, 9.17) is 0 Å². The summed E-state index contributed by atoms with van der Waals surface area (Å²) >= 11 is 6.65. The number of aromatic nitrogens is 2. The lowest BCUT2D eigenvalue weighted by Gasteiger charge is -2.06. The number of halogens is 1. The minimum atomic E-state index is 0.890. The van der Waals surface area contributed by atoms with Crippen LogP contribution < -0.4 is 5.32 Å². The Bertz CT molecular complexity index is 474. The van der Waals surface area contributed by atoms with E-state index in [9.17, 15) is 0 Å². The van der Waals surface area contributed by atoms with Crippen LogP contribution in [0.4, 0.5) is 0 Å². The van der Waals surface area contributed by atoms with E-state index in [0.717, 1.165) is 21.9 Å². The molecular weight excluding hydrogens is 318 g/mol. The van der Waals surface area contributed by atoms with Gasteiger partial charge in [0.1, 0.15) is 6.33 Å². The highest BCUT2D eigenvalue weighted by molar-refractivity contribution is 9.10. The predicted molar refractivity (Wildman–Crippen MR) is 75.6 cm³/mol. The largest absolute Gasteiger partial charge is 0.313 e. The highest BCUT2D eigenvalue weighted by atomic mass is 79.9. The molecule has 1 heterocycles. The lowest BCUT2D eigenvalue weighted by atomic mass is 10.2. The van der Waals surface area contributed by atoms with Crippen molar-refractivity contribution in [1.29, 1.82) is 0 Å². The summed E-state index contributed by atoms with van der Waals surface area (Å²) in [6, 6.07) is 6.37. The molecule has 0 aliphatic carbocycles. The summed E-state index contributed by atoms with van der Waals surface area (Å²) in [7, 11) is 0. The zero-order valence-corrected chi connectivity index (χ0v) is 12.5. The van der Waals surface area contributed by atoms with Crippen molar-refractivity contribution in [3.8, 4) is 0 Å². The molecule has 0 fully saturated rings. The van der Waals surface area contributed by atoms with Crippen LogP contribution in [0.3, 0.4) is 0 Å². The van der Waals surface area contributed by atoms with Gasteiger partial charge >= 0.3 is 0 Å². The van der Waals surface area contributed by atoms with E-state index in [2.05, 4.69) is 55.7 Å². The van der Waals surface area contributed by atoms with Crippen molar-refractivity contribution in [3.63, 3.8) is 0 Å². The molecular formula is C11H12BrN3S2. The molecule has 90 valence electrons. The first kappa shape index (κ1) is 13.0. The van der Waals surface area contributed by atoms with Gasteiger partial charge in [-0.3, -0.25) is 0 Å². The number of hydrogen-bond acceptors (Lipinski definition) is 5. The Kier molecular flexibility index (Phi) is 4.97. The SMILES string of the molecule is CCNCc1ccc(Sc2ncns2)cc1Br. The van der Waals surface area contributed by atoms with Crippen molar-refractivity contribution < 1.29 is 0 Å². The quantitative estimate of drug-likeness (QED) is 0.910. The highest BCUT2D eigenvalue weighted by Crippen LogP contribution is 2.31. The zero-order chi connectivity index (χ0) is 12.1. The molecule has 17 heavy (non-hydrogen) atoms. The third kappa shape index (κ3) is 3.77. The first-order valence-electron chi connectivity index (χ1n) is 5.23. The second-order valence-electron chi connectivity index (χ2n) is 3.34. The molecule has 0 atom stereocenters. The Morgan fingerprint density at radius 2 is 2.35 bits per heavy atom. The molecule has 1 N–H and O–H groups in total. The summed E-state index contributed by atoms with van der Waals surface area (Å²) in [5.41, 5.74) is 1.27. The van der Waals surface area contributed by atoms with Crippen LogP contribution in [0.1, 0.15) is 12.5 Å². The Morgan fingerprint density at radius 3 is 3.00 bits per heavy atom. The van der Waals surface area contributed by atoms with Crippen LogP contribution in [-0.2, 0) is 6.54 Å². The minimum Gasteiger partial charge on any atom is -0.313 e. The van der Waals surface area contributed by atoms with Gasteiger partial charge in [0.05, 0.1) is 0 Å². The fourth-order valence-corrected chi connectivity index (χ4v) is 3.43. The molecule has 1 aromatic heterocycles. The molecule has 0 unspecified atom stereocenters. The number of hydrogen-bond donors (Lipinski definition) is 1. The Hall–Kier alpha value is -0.430. The average Bonchev–Trinajstić information content (AvgIpc) is 2.81. The van der Waals surface area contributed by atoms with Crippen LogP contribution in [0.5, 0.6) is 0 Å². The predicted octanol–water partition coefficient (Wildman–Crippen LogP) is 3.56. The number of benzene rings is 1. The van der Waals surface area contributed by atoms with Crippen LogP contribution in [0.25, 0.3) is 0 Å². The Labute approximate surface area is 117 Å². The van der Waals surface area contributed by atoms with Crippen molar-refractivity contribution in [1.82, 2.24) is 14.7 Å². The van der Waals surface area contributed by atoms with E-state index in [1.165, 1.54) is 22.0 Å². The van der Waals surface area contributed by atoms with Gasteiger partial charge in [-0.25, -0.2) is 4.98 Å². The van der Waals surface area contributed by atoms with Crippen LogP contribution >= 0.6 is 39.2 Å². The standard InChI is InChI=1S/C11H12BrN3S2/c1-2-13-6-8-3-4-9(5-10(8)12)16-11-14-7-15-17-11/h3-5,7,13H,2,6H2,1H3. The summed E-state index contributed by atoms with van der Waals surface area (Å²) in [4.78, 5) is 5.33. The summed E-state index contributed by atoms with van der Waals surface area (Å²) in [6.45, 7) is 3.97. The van der Waals surface area contributed by atoms with Crippen LogP contribution in [0, 0.1) is 0 Å². The van der Waals surface area contributed by atoms with E-state index in [0.29, 0.717) is 0 Å².